The maximum atomic E-state index is 12.7. The van der Waals surface area contributed by atoms with Gasteiger partial charge in [0.05, 0.1) is 4.90 Å². The summed E-state index contributed by atoms with van der Waals surface area (Å²) in [5.41, 5.74) is 3.87. The van der Waals surface area contributed by atoms with Gasteiger partial charge in [0.15, 0.2) is 0 Å². The largest absolute Gasteiger partial charge is 0.243 e. The third-order valence-corrected chi connectivity index (χ3v) is 5.67. The van der Waals surface area contributed by atoms with E-state index in [4.69, 9.17) is 0 Å². The predicted molar refractivity (Wildman–Crippen MR) is 85.7 cm³/mol. The van der Waals surface area contributed by atoms with Gasteiger partial charge in [-0.15, -0.1) is 0 Å². The first kappa shape index (κ1) is 15.7. The summed E-state index contributed by atoms with van der Waals surface area (Å²) in [6, 6.07) is 13.3. The molecule has 2 aromatic rings. The predicted octanol–water partition coefficient (Wildman–Crippen LogP) is 3.43. The van der Waals surface area contributed by atoms with Gasteiger partial charge in [-0.3, -0.25) is 0 Å². The molecule has 0 heterocycles. The summed E-state index contributed by atoms with van der Waals surface area (Å²) in [4.78, 5) is 0.393. The van der Waals surface area contributed by atoms with Crippen molar-refractivity contribution >= 4 is 10.0 Å². The summed E-state index contributed by atoms with van der Waals surface area (Å²) in [5, 5.41) is 0. The van der Waals surface area contributed by atoms with Crippen molar-refractivity contribution in [1.29, 1.82) is 0 Å². The fourth-order valence-electron chi connectivity index (χ4n) is 2.31. The minimum absolute atomic E-state index is 0.371. The molecule has 3 nitrogen and oxygen atoms in total. The molecule has 4 heteroatoms. The van der Waals surface area contributed by atoms with Crippen molar-refractivity contribution in [2.24, 2.45) is 0 Å². The van der Waals surface area contributed by atoms with E-state index >= 15 is 0 Å². The smallest absolute Gasteiger partial charge is 0.207 e. The van der Waals surface area contributed by atoms with Crippen LogP contribution in [0.3, 0.4) is 0 Å². The van der Waals surface area contributed by atoms with Crippen molar-refractivity contribution in [3.05, 3.63) is 64.7 Å². The van der Waals surface area contributed by atoms with Crippen LogP contribution in [0.4, 0.5) is 0 Å². The first-order valence-electron chi connectivity index (χ1n) is 6.90. The van der Waals surface area contributed by atoms with Crippen LogP contribution in [0.1, 0.15) is 22.3 Å². The van der Waals surface area contributed by atoms with E-state index in [1.807, 2.05) is 57.2 Å². The molecular weight excluding hydrogens is 282 g/mol. The van der Waals surface area contributed by atoms with Gasteiger partial charge in [0.25, 0.3) is 0 Å². The van der Waals surface area contributed by atoms with E-state index in [0.717, 1.165) is 22.3 Å². The number of hydrogen-bond acceptors (Lipinski definition) is 2. The Morgan fingerprint density at radius 3 is 2.10 bits per heavy atom. The molecule has 0 spiro atoms. The minimum Gasteiger partial charge on any atom is -0.207 e. The molecule has 0 radical (unpaired) electrons. The summed E-state index contributed by atoms with van der Waals surface area (Å²) in [6.07, 6.45) is 0. The number of benzene rings is 2. The second-order valence-corrected chi connectivity index (χ2v) is 7.46. The lowest BCUT2D eigenvalue weighted by atomic mass is 10.1. The number of aryl methyl sites for hydroxylation is 3. The molecule has 0 atom stereocenters. The summed E-state index contributed by atoms with van der Waals surface area (Å²) in [5.74, 6) is 0. The molecule has 21 heavy (non-hydrogen) atoms. The molecule has 0 saturated heterocycles. The zero-order chi connectivity index (χ0) is 15.6. The van der Waals surface area contributed by atoms with Crippen LogP contribution < -0.4 is 0 Å². The molecule has 0 amide bonds. The highest BCUT2D eigenvalue weighted by Crippen LogP contribution is 2.23. The van der Waals surface area contributed by atoms with Crippen molar-refractivity contribution in [3.63, 3.8) is 0 Å². The Hall–Kier alpha value is -1.65. The van der Waals surface area contributed by atoms with Gasteiger partial charge in [0.1, 0.15) is 0 Å². The molecular formula is C17H21NO2S. The molecule has 0 bridgehead atoms. The molecule has 0 unspecified atom stereocenters. The standard InChI is InChI=1S/C17H21NO2S/c1-13-10-15(3)17(11-14(13)2)21(19,20)18(4)12-16-8-6-5-7-9-16/h5-11H,12H2,1-4H3. The van der Waals surface area contributed by atoms with Crippen LogP contribution in [0.15, 0.2) is 47.4 Å². The van der Waals surface area contributed by atoms with Crippen LogP contribution in [-0.4, -0.2) is 19.8 Å². The van der Waals surface area contributed by atoms with Gasteiger partial charge in [-0.05, 0) is 49.1 Å². The highest BCUT2D eigenvalue weighted by molar-refractivity contribution is 7.89. The monoisotopic (exact) mass is 303 g/mol. The Balaban J connectivity index is 2.36. The molecule has 0 aliphatic heterocycles. The van der Waals surface area contributed by atoms with E-state index in [2.05, 4.69) is 0 Å². The van der Waals surface area contributed by atoms with E-state index in [1.165, 1.54) is 4.31 Å². The first-order valence-corrected chi connectivity index (χ1v) is 8.34. The molecule has 0 aromatic heterocycles. The van der Waals surface area contributed by atoms with Gasteiger partial charge in [-0.25, -0.2) is 8.42 Å². The summed E-state index contributed by atoms with van der Waals surface area (Å²) in [6.45, 7) is 6.14. The lowest BCUT2D eigenvalue weighted by Crippen LogP contribution is -2.27. The summed E-state index contributed by atoms with van der Waals surface area (Å²) >= 11 is 0. The van der Waals surface area contributed by atoms with Crippen LogP contribution in [0.5, 0.6) is 0 Å². The average molecular weight is 303 g/mol. The molecule has 0 fully saturated rings. The van der Waals surface area contributed by atoms with Crippen molar-refractivity contribution in [2.75, 3.05) is 7.05 Å². The second-order valence-electron chi connectivity index (χ2n) is 5.45. The van der Waals surface area contributed by atoms with E-state index in [0.29, 0.717) is 11.4 Å². The Bertz CT molecular complexity index is 737. The number of sulfonamides is 1. The van der Waals surface area contributed by atoms with Crippen molar-refractivity contribution in [1.82, 2.24) is 4.31 Å². The topological polar surface area (TPSA) is 37.4 Å². The zero-order valence-electron chi connectivity index (χ0n) is 12.9. The van der Waals surface area contributed by atoms with Crippen LogP contribution in [0.25, 0.3) is 0 Å². The van der Waals surface area contributed by atoms with E-state index in [1.54, 1.807) is 13.1 Å². The summed E-state index contributed by atoms with van der Waals surface area (Å²) in [7, 11) is -1.85. The molecule has 2 rings (SSSR count). The van der Waals surface area contributed by atoms with E-state index < -0.39 is 10.0 Å². The lowest BCUT2D eigenvalue weighted by Gasteiger charge is -2.19. The number of hydrogen-bond donors (Lipinski definition) is 0. The van der Waals surface area contributed by atoms with E-state index in [9.17, 15) is 8.42 Å². The third kappa shape index (κ3) is 3.34. The highest BCUT2D eigenvalue weighted by atomic mass is 32.2. The normalized spacial score (nSPS) is 11.9. The molecule has 0 saturated carbocycles. The van der Waals surface area contributed by atoms with Crippen LogP contribution in [-0.2, 0) is 16.6 Å². The van der Waals surface area contributed by atoms with Gasteiger partial charge >= 0.3 is 0 Å². The highest BCUT2D eigenvalue weighted by Gasteiger charge is 2.23. The quantitative estimate of drug-likeness (QED) is 0.867. The minimum atomic E-state index is -3.47. The number of nitrogens with zero attached hydrogens (tertiary/aromatic N) is 1. The molecule has 0 N–H and O–H groups in total. The van der Waals surface area contributed by atoms with Gasteiger partial charge in [0.2, 0.25) is 10.0 Å². The van der Waals surface area contributed by atoms with Crippen LogP contribution in [0.2, 0.25) is 0 Å². The third-order valence-electron chi connectivity index (χ3n) is 3.73. The van der Waals surface area contributed by atoms with Crippen LogP contribution >= 0.6 is 0 Å². The fourth-order valence-corrected chi connectivity index (χ4v) is 3.75. The van der Waals surface area contributed by atoms with Gasteiger partial charge in [-0.1, -0.05) is 36.4 Å². The zero-order valence-corrected chi connectivity index (χ0v) is 13.7. The molecule has 0 aliphatic rings. The van der Waals surface area contributed by atoms with Gasteiger partial charge in [0, 0.05) is 13.6 Å². The van der Waals surface area contributed by atoms with Gasteiger partial charge in [-0.2, -0.15) is 4.31 Å². The Labute approximate surface area is 127 Å². The van der Waals surface area contributed by atoms with Crippen molar-refractivity contribution < 1.29 is 8.42 Å². The Morgan fingerprint density at radius 1 is 0.905 bits per heavy atom. The first-order chi connectivity index (χ1) is 9.82. The average Bonchev–Trinajstić information content (AvgIpc) is 2.43. The second kappa shape index (κ2) is 6.00. The molecule has 2 aromatic carbocycles. The Morgan fingerprint density at radius 2 is 1.48 bits per heavy atom. The lowest BCUT2D eigenvalue weighted by molar-refractivity contribution is 0.466. The van der Waals surface area contributed by atoms with E-state index in [-0.39, 0.29) is 0 Å². The maximum absolute atomic E-state index is 12.7. The summed E-state index contributed by atoms with van der Waals surface area (Å²) < 4.78 is 26.9. The number of rotatable bonds is 4. The fraction of sp³-hybridized carbons (Fsp3) is 0.294. The SMILES string of the molecule is Cc1cc(C)c(S(=O)(=O)N(C)Cc2ccccc2)cc1C. The maximum Gasteiger partial charge on any atom is 0.243 e. The van der Waals surface area contributed by atoms with Gasteiger partial charge < -0.3 is 0 Å². The van der Waals surface area contributed by atoms with Crippen molar-refractivity contribution in [3.8, 4) is 0 Å². The van der Waals surface area contributed by atoms with Crippen molar-refractivity contribution in [2.45, 2.75) is 32.2 Å². The Kier molecular flexibility index (Phi) is 4.49. The molecule has 0 aliphatic carbocycles. The molecule has 112 valence electrons. The van der Waals surface area contributed by atoms with Crippen LogP contribution in [0, 0.1) is 20.8 Å².